The summed E-state index contributed by atoms with van der Waals surface area (Å²) in [6.45, 7) is 8.63. The molecule has 18 heavy (non-hydrogen) atoms. The van der Waals surface area contributed by atoms with Gasteiger partial charge >= 0.3 is 0 Å². The molecule has 2 aliphatic rings. The first kappa shape index (κ1) is 12.0. The van der Waals surface area contributed by atoms with Crippen LogP contribution in [-0.2, 0) is 0 Å². The third-order valence-corrected chi connectivity index (χ3v) is 4.75. The minimum atomic E-state index is 0.574. The van der Waals surface area contributed by atoms with Gasteiger partial charge in [0.1, 0.15) is 0 Å². The Morgan fingerprint density at radius 3 is 2.67 bits per heavy atom. The molecule has 0 bridgehead atoms. The lowest BCUT2D eigenvalue weighted by Gasteiger charge is -2.40. The van der Waals surface area contributed by atoms with Gasteiger partial charge < -0.3 is 9.80 Å². The first-order valence-electron chi connectivity index (χ1n) is 7.34. The number of piperidine rings is 1. The van der Waals surface area contributed by atoms with E-state index in [4.69, 9.17) is 0 Å². The summed E-state index contributed by atoms with van der Waals surface area (Å²) in [4.78, 5) is 5.22. The molecule has 0 aliphatic carbocycles. The van der Waals surface area contributed by atoms with Crippen LogP contribution in [0.25, 0.3) is 0 Å². The zero-order chi connectivity index (χ0) is 12.4. The fourth-order valence-corrected chi connectivity index (χ4v) is 3.71. The second-order valence-electron chi connectivity index (χ2n) is 5.98. The lowest BCUT2D eigenvalue weighted by atomic mass is 9.79. The molecule has 1 atom stereocenters. The minimum absolute atomic E-state index is 0.574. The van der Waals surface area contributed by atoms with Crippen LogP contribution >= 0.6 is 0 Å². The molecule has 3 rings (SSSR count). The van der Waals surface area contributed by atoms with Crippen LogP contribution in [0.2, 0.25) is 0 Å². The van der Waals surface area contributed by atoms with Gasteiger partial charge in [0.15, 0.2) is 0 Å². The monoisotopic (exact) mass is 244 g/mol. The van der Waals surface area contributed by atoms with Gasteiger partial charge in [0.25, 0.3) is 0 Å². The van der Waals surface area contributed by atoms with Gasteiger partial charge in [0, 0.05) is 30.7 Å². The average Bonchev–Trinajstić information content (AvgIpc) is 2.83. The second kappa shape index (κ2) is 4.93. The van der Waals surface area contributed by atoms with E-state index in [9.17, 15) is 0 Å². The van der Waals surface area contributed by atoms with Crippen LogP contribution in [0.4, 0.5) is 5.69 Å². The number of hydrogen-bond acceptors (Lipinski definition) is 2. The molecule has 2 nitrogen and oxygen atoms in total. The molecule has 0 saturated carbocycles. The van der Waals surface area contributed by atoms with Gasteiger partial charge in [-0.05, 0) is 44.5 Å². The third kappa shape index (κ3) is 2.26. The Labute approximate surface area is 111 Å². The van der Waals surface area contributed by atoms with Crippen LogP contribution in [0.1, 0.15) is 26.2 Å². The van der Waals surface area contributed by atoms with Crippen molar-refractivity contribution in [2.24, 2.45) is 5.41 Å². The van der Waals surface area contributed by atoms with Crippen LogP contribution in [0.5, 0.6) is 0 Å². The van der Waals surface area contributed by atoms with Crippen LogP contribution in [0.15, 0.2) is 30.3 Å². The normalized spacial score (nSPS) is 29.1. The highest BCUT2D eigenvalue weighted by Crippen LogP contribution is 2.40. The number of para-hydroxylation sites is 1. The molecule has 2 heterocycles. The highest BCUT2D eigenvalue weighted by Gasteiger charge is 2.40. The largest absolute Gasteiger partial charge is 0.371 e. The molecule has 1 spiro atoms. The molecular weight excluding hydrogens is 220 g/mol. The lowest BCUT2D eigenvalue weighted by molar-refractivity contribution is 0.110. The van der Waals surface area contributed by atoms with Gasteiger partial charge in [-0.3, -0.25) is 0 Å². The van der Waals surface area contributed by atoms with E-state index in [2.05, 4.69) is 47.1 Å². The predicted molar refractivity (Wildman–Crippen MR) is 77.1 cm³/mol. The van der Waals surface area contributed by atoms with E-state index < -0.39 is 0 Å². The van der Waals surface area contributed by atoms with Crippen molar-refractivity contribution in [2.45, 2.75) is 26.2 Å². The summed E-state index contributed by atoms with van der Waals surface area (Å²) in [7, 11) is 0. The topological polar surface area (TPSA) is 6.48 Å². The van der Waals surface area contributed by atoms with Crippen molar-refractivity contribution < 1.29 is 0 Å². The first-order chi connectivity index (χ1) is 8.81. The average molecular weight is 244 g/mol. The Kier molecular flexibility index (Phi) is 3.29. The van der Waals surface area contributed by atoms with Crippen molar-refractivity contribution in [3.8, 4) is 0 Å². The summed E-state index contributed by atoms with van der Waals surface area (Å²) in [5.74, 6) is 0. The predicted octanol–water partition coefficient (Wildman–Crippen LogP) is 3.00. The van der Waals surface area contributed by atoms with E-state index >= 15 is 0 Å². The smallest absolute Gasteiger partial charge is 0.0366 e. The zero-order valence-corrected chi connectivity index (χ0v) is 11.4. The van der Waals surface area contributed by atoms with E-state index in [1.54, 1.807) is 0 Å². The van der Waals surface area contributed by atoms with E-state index in [-0.39, 0.29) is 0 Å². The molecule has 0 N–H and O–H groups in total. The minimum Gasteiger partial charge on any atom is -0.371 e. The summed E-state index contributed by atoms with van der Waals surface area (Å²) in [6.07, 6.45) is 4.18. The number of anilines is 1. The molecule has 1 aromatic rings. The molecule has 0 aromatic heterocycles. The number of likely N-dealkylation sites (tertiary alicyclic amines) is 1. The SMILES string of the molecule is CCN1CCCC2(CCN(c3ccccc3)C2)C1. The van der Waals surface area contributed by atoms with Crippen molar-refractivity contribution >= 4 is 5.69 Å². The van der Waals surface area contributed by atoms with E-state index in [1.165, 1.54) is 57.7 Å². The summed E-state index contributed by atoms with van der Waals surface area (Å²) in [5, 5.41) is 0. The standard InChI is InChI=1S/C16H24N2/c1-2-17-11-6-9-16(13-17)10-12-18(14-16)15-7-4-3-5-8-15/h3-5,7-8H,2,6,9-14H2,1H3. The summed E-state index contributed by atoms with van der Waals surface area (Å²) in [5.41, 5.74) is 1.98. The highest BCUT2D eigenvalue weighted by atomic mass is 15.2. The molecule has 0 radical (unpaired) electrons. The number of nitrogens with zero attached hydrogens (tertiary/aromatic N) is 2. The highest BCUT2D eigenvalue weighted by molar-refractivity contribution is 5.47. The molecule has 1 aromatic carbocycles. The van der Waals surface area contributed by atoms with Crippen LogP contribution in [0, 0.1) is 5.41 Å². The second-order valence-corrected chi connectivity index (χ2v) is 5.98. The third-order valence-electron chi connectivity index (χ3n) is 4.75. The summed E-state index contributed by atoms with van der Waals surface area (Å²) in [6, 6.07) is 10.9. The molecule has 98 valence electrons. The van der Waals surface area contributed by atoms with Gasteiger partial charge in [0.05, 0.1) is 0 Å². The molecule has 1 unspecified atom stereocenters. The van der Waals surface area contributed by atoms with Gasteiger partial charge in [-0.2, -0.15) is 0 Å². The van der Waals surface area contributed by atoms with Crippen molar-refractivity contribution in [1.29, 1.82) is 0 Å². The Bertz CT molecular complexity index is 389. The van der Waals surface area contributed by atoms with Crippen molar-refractivity contribution in [2.75, 3.05) is 37.6 Å². The zero-order valence-electron chi connectivity index (χ0n) is 11.4. The van der Waals surface area contributed by atoms with Gasteiger partial charge in [-0.1, -0.05) is 25.1 Å². The van der Waals surface area contributed by atoms with Crippen molar-refractivity contribution in [1.82, 2.24) is 4.90 Å². The van der Waals surface area contributed by atoms with Gasteiger partial charge in [0.2, 0.25) is 0 Å². The van der Waals surface area contributed by atoms with E-state index in [0.29, 0.717) is 5.41 Å². The maximum absolute atomic E-state index is 2.64. The molecule has 2 heteroatoms. The molecule has 2 fully saturated rings. The maximum atomic E-state index is 2.64. The Balaban J connectivity index is 1.71. The molecular formula is C16H24N2. The van der Waals surface area contributed by atoms with Crippen molar-refractivity contribution in [3.63, 3.8) is 0 Å². The Hall–Kier alpha value is -1.02. The Morgan fingerprint density at radius 1 is 1.06 bits per heavy atom. The fourth-order valence-electron chi connectivity index (χ4n) is 3.71. The Morgan fingerprint density at radius 2 is 1.89 bits per heavy atom. The van der Waals surface area contributed by atoms with Gasteiger partial charge in [-0.25, -0.2) is 0 Å². The molecule has 0 amide bonds. The van der Waals surface area contributed by atoms with Crippen molar-refractivity contribution in [3.05, 3.63) is 30.3 Å². The van der Waals surface area contributed by atoms with Crippen LogP contribution in [-0.4, -0.2) is 37.6 Å². The van der Waals surface area contributed by atoms with E-state index in [0.717, 1.165) is 0 Å². The van der Waals surface area contributed by atoms with Gasteiger partial charge in [-0.15, -0.1) is 0 Å². The lowest BCUT2D eigenvalue weighted by Crippen LogP contribution is -2.44. The van der Waals surface area contributed by atoms with Crippen LogP contribution in [0.3, 0.4) is 0 Å². The first-order valence-corrected chi connectivity index (χ1v) is 7.34. The molecule has 2 aliphatic heterocycles. The summed E-state index contributed by atoms with van der Waals surface area (Å²) < 4.78 is 0. The summed E-state index contributed by atoms with van der Waals surface area (Å²) >= 11 is 0. The quantitative estimate of drug-likeness (QED) is 0.789. The van der Waals surface area contributed by atoms with Crippen LogP contribution < -0.4 is 4.90 Å². The number of rotatable bonds is 2. The van der Waals surface area contributed by atoms with E-state index in [1.807, 2.05) is 0 Å². The number of hydrogen-bond donors (Lipinski definition) is 0. The number of benzene rings is 1. The fraction of sp³-hybridized carbons (Fsp3) is 0.625. The maximum Gasteiger partial charge on any atom is 0.0366 e. The molecule has 2 saturated heterocycles.